The van der Waals surface area contributed by atoms with Crippen LogP contribution in [-0.2, 0) is 33.2 Å². The van der Waals surface area contributed by atoms with E-state index in [-0.39, 0.29) is 0 Å². The molecule has 0 fully saturated rings. The highest BCUT2D eigenvalue weighted by molar-refractivity contribution is 5.45. The second kappa shape index (κ2) is 22.2. The molecule has 0 aliphatic rings. The van der Waals surface area contributed by atoms with Crippen molar-refractivity contribution in [2.75, 3.05) is 85.8 Å². The predicted molar refractivity (Wildman–Crippen MR) is 89.3 cm³/mol. The average molecular weight is 351 g/mol. The fourth-order valence-corrected chi connectivity index (χ4v) is 1.54. The molecule has 8 heteroatoms. The largest absolute Gasteiger partial charge is 0.379 e. The first-order chi connectivity index (χ1) is 11.9. The third kappa shape index (κ3) is 21.2. The van der Waals surface area contributed by atoms with Gasteiger partial charge < -0.3 is 33.7 Å². The molecule has 0 aliphatic carbocycles. The number of ether oxygens (including phenoxy) is 6. The first kappa shape index (κ1) is 23.2. The SMILES string of the molecule is CCCOCCOCCOCCOCCOCCOCCNC=O. The van der Waals surface area contributed by atoms with Crippen LogP contribution in [0.2, 0.25) is 0 Å². The maximum atomic E-state index is 9.97. The summed E-state index contributed by atoms with van der Waals surface area (Å²) < 4.78 is 31.9. The van der Waals surface area contributed by atoms with E-state index in [0.29, 0.717) is 85.6 Å². The lowest BCUT2D eigenvalue weighted by Crippen LogP contribution is -2.19. The minimum Gasteiger partial charge on any atom is -0.379 e. The molecule has 0 saturated carbocycles. The molecule has 0 saturated heterocycles. The van der Waals surface area contributed by atoms with Crippen molar-refractivity contribution in [1.29, 1.82) is 0 Å². The van der Waals surface area contributed by atoms with E-state index in [1.807, 2.05) is 0 Å². The highest BCUT2D eigenvalue weighted by atomic mass is 16.6. The smallest absolute Gasteiger partial charge is 0.207 e. The summed E-state index contributed by atoms with van der Waals surface area (Å²) in [6, 6.07) is 0. The van der Waals surface area contributed by atoms with Crippen molar-refractivity contribution in [2.45, 2.75) is 13.3 Å². The van der Waals surface area contributed by atoms with Crippen molar-refractivity contribution >= 4 is 6.41 Å². The Morgan fingerprint density at radius 3 is 1.25 bits per heavy atom. The molecule has 1 N–H and O–H groups in total. The van der Waals surface area contributed by atoms with E-state index >= 15 is 0 Å². The van der Waals surface area contributed by atoms with Crippen LogP contribution in [0, 0.1) is 0 Å². The number of carbonyl (C=O) groups is 1. The first-order valence-electron chi connectivity index (χ1n) is 8.55. The van der Waals surface area contributed by atoms with Gasteiger partial charge in [-0.05, 0) is 6.42 Å². The molecule has 0 radical (unpaired) electrons. The normalized spacial score (nSPS) is 10.9. The number of rotatable bonds is 21. The Hall–Kier alpha value is -0.770. The lowest BCUT2D eigenvalue weighted by atomic mass is 10.5. The molecule has 0 atom stereocenters. The van der Waals surface area contributed by atoms with E-state index in [9.17, 15) is 4.79 Å². The molecule has 0 aromatic heterocycles. The van der Waals surface area contributed by atoms with Crippen molar-refractivity contribution in [3.05, 3.63) is 0 Å². The van der Waals surface area contributed by atoms with Crippen molar-refractivity contribution < 1.29 is 33.2 Å². The third-order valence-electron chi connectivity index (χ3n) is 2.68. The molecule has 0 aliphatic heterocycles. The van der Waals surface area contributed by atoms with Gasteiger partial charge in [-0.15, -0.1) is 0 Å². The van der Waals surface area contributed by atoms with E-state index in [2.05, 4.69) is 12.2 Å². The van der Waals surface area contributed by atoms with Crippen LogP contribution in [0.3, 0.4) is 0 Å². The van der Waals surface area contributed by atoms with Gasteiger partial charge in [0.25, 0.3) is 0 Å². The van der Waals surface area contributed by atoms with Crippen LogP contribution < -0.4 is 5.32 Å². The van der Waals surface area contributed by atoms with Gasteiger partial charge in [-0.2, -0.15) is 0 Å². The fourth-order valence-electron chi connectivity index (χ4n) is 1.54. The summed E-state index contributed by atoms with van der Waals surface area (Å²) in [6.07, 6.45) is 1.68. The van der Waals surface area contributed by atoms with Crippen LogP contribution in [-0.4, -0.2) is 92.2 Å². The maximum Gasteiger partial charge on any atom is 0.207 e. The molecular weight excluding hydrogens is 318 g/mol. The number of hydrogen-bond acceptors (Lipinski definition) is 7. The highest BCUT2D eigenvalue weighted by Crippen LogP contribution is 1.85. The molecule has 0 aromatic carbocycles. The summed E-state index contributed by atoms with van der Waals surface area (Å²) >= 11 is 0. The summed E-state index contributed by atoms with van der Waals surface area (Å²) in [5, 5.41) is 2.51. The number of hydrogen-bond donors (Lipinski definition) is 1. The molecule has 8 nitrogen and oxygen atoms in total. The van der Waals surface area contributed by atoms with Gasteiger partial charge in [-0.3, -0.25) is 4.79 Å². The van der Waals surface area contributed by atoms with Gasteiger partial charge in [0.05, 0.1) is 72.7 Å². The predicted octanol–water partition coefficient (Wildman–Crippen LogP) is 0.242. The van der Waals surface area contributed by atoms with Gasteiger partial charge in [0.1, 0.15) is 0 Å². The van der Waals surface area contributed by atoms with E-state index in [4.69, 9.17) is 28.4 Å². The molecule has 144 valence electrons. The molecule has 0 spiro atoms. The van der Waals surface area contributed by atoms with Crippen LogP contribution in [0.5, 0.6) is 0 Å². The Labute approximate surface area is 145 Å². The second-order valence-corrected chi connectivity index (χ2v) is 4.75. The van der Waals surface area contributed by atoms with Gasteiger partial charge in [0, 0.05) is 13.2 Å². The lowest BCUT2D eigenvalue weighted by molar-refractivity contribution is -0.109. The van der Waals surface area contributed by atoms with Gasteiger partial charge >= 0.3 is 0 Å². The van der Waals surface area contributed by atoms with Crippen LogP contribution in [0.15, 0.2) is 0 Å². The first-order valence-corrected chi connectivity index (χ1v) is 8.55. The number of amides is 1. The van der Waals surface area contributed by atoms with Crippen LogP contribution in [0.4, 0.5) is 0 Å². The molecular formula is C16H33NO7. The van der Waals surface area contributed by atoms with E-state index in [1.54, 1.807) is 0 Å². The quantitative estimate of drug-likeness (QED) is 0.234. The van der Waals surface area contributed by atoms with Gasteiger partial charge in [-0.25, -0.2) is 0 Å². The zero-order valence-electron chi connectivity index (χ0n) is 14.8. The highest BCUT2D eigenvalue weighted by Gasteiger charge is 1.93. The topological polar surface area (TPSA) is 84.5 Å². The molecule has 0 rings (SSSR count). The summed E-state index contributed by atoms with van der Waals surface area (Å²) in [6.45, 7) is 9.40. The second-order valence-electron chi connectivity index (χ2n) is 4.75. The average Bonchev–Trinajstić information content (AvgIpc) is 2.60. The third-order valence-corrected chi connectivity index (χ3v) is 2.68. The molecule has 0 heterocycles. The summed E-state index contributed by atoms with van der Waals surface area (Å²) in [4.78, 5) is 9.97. The molecule has 0 unspecified atom stereocenters. The Morgan fingerprint density at radius 1 is 0.583 bits per heavy atom. The Balaban J connectivity index is 2.94. The molecule has 0 aromatic rings. The monoisotopic (exact) mass is 351 g/mol. The Bertz CT molecular complexity index is 244. The van der Waals surface area contributed by atoms with Crippen LogP contribution in [0.25, 0.3) is 0 Å². The Morgan fingerprint density at radius 2 is 0.917 bits per heavy atom. The van der Waals surface area contributed by atoms with Crippen molar-refractivity contribution in [3.63, 3.8) is 0 Å². The minimum atomic E-state index is 0.491. The summed E-state index contributed by atoms with van der Waals surface area (Å²) in [7, 11) is 0. The zero-order chi connectivity index (χ0) is 17.6. The van der Waals surface area contributed by atoms with Gasteiger partial charge in [-0.1, -0.05) is 6.92 Å². The van der Waals surface area contributed by atoms with Crippen LogP contribution >= 0.6 is 0 Å². The Kier molecular flexibility index (Phi) is 21.5. The van der Waals surface area contributed by atoms with Crippen molar-refractivity contribution in [3.8, 4) is 0 Å². The number of nitrogens with one attached hydrogen (secondary N) is 1. The van der Waals surface area contributed by atoms with E-state index in [0.717, 1.165) is 13.0 Å². The van der Waals surface area contributed by atoms with E-state index in [1.165, 1.54) is 0 Å². The molecule has 0 bridgehead atoms. The fraction of sp³-hybridized carbons (Fsp3) is 0.938. The number of carbonyl (C=O) groups excluding carboxylic acids is 1. The standard InChI is InChI=1S/C16H33NO7/c1-2-4-19-6-8-21-10-12-23-14-15-24-13-11-22-9-7-20-5-3-17-16-18/h16H,2-15H2,1H3,(H,17,18). The molecule has 24 heavy (non-hydrogen) atoms. The summed E-state index contributed by atoms with van der Waals surface area (Å²) in [5.41, 5.74) is 0. The summed E-state index contributed by atoms with van der Waals surface area (Å²) in [5.74, 6) is 0. The maximum absolute atomic E-state index is 9.97. The zero-order valence-corrected chi connectivity index (χ0v) is 14.8. The van der Waals surface area contributed by atoms with Crippen LogP contribution in [0.1, 0.15) is 13.3 Å². The van der Waals surface area contributed by atoms with Crippen molar-refractivity contribution in [1.82, 2.24) is 5.32 Å². The van der Waals surface area contributed by atoms with Crippen molar-refractivity contribution in [2.24, 2.45) is 0 Å². The lowest BCUT2D eigenvalue weighted by Gasteiger charge is -2.08. The van der Waals surface area contributed by atoms with E-state index < -0.39 is 0 Å². The minimum absolute atomic E-state index is 0.491. The van der Waals surface area contributed by atoms with Gasteiger partial charge in [0.2, 0.25) is 6.41 Å². The molecule has 1 amide bonds. The van der Waals surface area contributed by atoms with Gasteiger partial charge in [0.15, 0.2) is 0 Å².